The maximum atomic E-state index is 12.3. The fraction of sp³-hybridized carbons (Fsp3) is 0.700. The summed E-state index contributed by atoms with van der Waals surface area (Å²) >= 11 is 0. The van der Waals surface area contributed by atoms with Gasteiger partial charge < -0.3 is 4.90 Å². The van der Waals surface area contributed by atoms with Crippen molar-refractivity contribution in [3.05, 3.63) is 12.2 Å². The summed E-state index contributed by atoms with van der Waals surface area (Å²) in [7, 11) is -3.02. The number of rotatable bonds is 1. The highest BCUT2D eigenvalue weighted by Gasteiger charge is 2.44. The van der Waals surface area contributed by atoms with Crippen molar-refractivity contribution in [2.75, 3.05) is 11.5 Å². The number of piperidine rings is 1. The Labute approximate surface area is 105 Å². The summed E-state index contributed by atoms with van der Waals surface area (Å²) in [5.41, 5.74) is 0. The fourth-order valence-corrected chi connectivity index (χ4v) is 4.87. The minimum Gasteiger partial charge on any atom is -0.328 e. The number of H-pyrrole nitrogens is 1. The second kappa shape index (κ2) is 4.04. The van der Waals surface area contributed by atoms with Crippen molar-refractivity contribution in [3.8, 4) is 0 Å². The summed E-state index contributed by atoms with van der Waals surface area (Å²) in [5.74, 6) is -0.00803. The predicted molar refractivity (Wildman–Crippen MR) is 62.6 cm³/mol. The van der Waals surface area contributed by atoms with Gasteiger partial charge in [-0.05, 0) is 19.3 Å². The molecule has 1 aromatic heterocycles. The van der Waals surface area contributed by atoms with Gasteiger partial charge in [0.1, 0.15) is 6.33 Å². The number of aromatic nitrogens is 3. The minimum atomic E-state index is -3.02. The van der Waals surface area contributed by atoms with Gasteiger partial charge in [-0.2, -0.15) is 0 Å². The van der Waals surface area contributed by atoms with Crippen LogP contribution in [0.15, 0.2) is 6.33 Å². The summed E-state index contributed by atoms with van der Waals surface area (Å²) in [6, 6.07) is -0.429. The highest BCUT2D eigenvalue weighted by atomic mass is 32.2. The molecule has 0 saturated carbocycles. The summed E-state index contributed by atoms with van der Waals surface area (Å²) in [4.78, 5) is 17.8. The summed E-state index contributed by atoms with van der Waals surface area (Å²) in [5, 5.41) is 6.28. The van der Waals surface area contributed by atoms with E-state index in [4.69, 9.17) is 0 Å². The first-order chi connectivity index (χ1) is 8.57. The fourth-order valence-electron chi connectivity index (χ4n) is 2.91. The van der Waals surface area contributed by atoms with E-state index in [2.05, 4.69) is 15.2 Å². The van der Waals surface area contributed by atoms with E-state index in [-0.39, 0.29) is 35.3 Å². The predicted octanol–water partition coefficient (Wildman–Crippen LogP) is -0.404. The molecule has 1 amide bonds. The number of hydrogen-bond donors (Lipinski definition) is 1. The van der Waals surface area contributed by atoms with Crippen LogP contribution in [-0.4, -0.2) is 58.0 Å². The Hall–Kier alpha value is -1.44. The monoisotopic (exact) mass is 270 g/mol. The third kappa shape index (κ3) is 1.90. The molecule has 8 heteroatoms. The SMILES string of the molecule is O=C(c1nc[nH]n1)N1C2CCCC1CS(=O)(=O)C2. The minimum absolute atomic E-state index is 0.0691. The van der Waals surface area contributed by atoms with E-state index in [1.54, 1.807) is 4.90 Å². The van der Waals surface area contributed by atoms with Crippen LogP contribution in [0.2, 0.25) is 0 Å². The molecule has 0 spiro atoms. The standard InChI is InChI=1S/C10H14N4O3S/c15-10(9-11-6-12-13-9)14-7-2-1-3-8(14)5-18(16,17)4-7/h6-8H,1-5H2,(H,11,12,13). The first-order valence-electron chi connectivity index (χ1n) is 5.96. The second-order valence-corrected chi connectivity index (χ2v) is 7.00. The Morgan fingerprint density at radius 2 is 2.00 bits per heavy atom. The molecule has 2 saturated heterocycles. The molecule has 0 radical (unpaired) electrons. The van der Waals surface area contributed by atoms with Crippen LogP contribution >= 0.6 is 0 Å². The molecule has 7 nitrogen and oxygen atoms in total. The van der Waals surface area contributed by atoms with Crippen LogP contribution in [0.4, 0.5) is 0 Å². The van der Waals surface area contributed by atoms with Crippen molar-refractivity contribution < 1.29 is 13.2 Å². The summed E-state index contributed by atoms with van der Waals surface area (Å²) in [6.45, 7) is 0. The van der Waals surface area contributed by atoms with Crippen LogP contribution in [0.1, 0.15) is 29.9 Å². The Balaban J connectivity index is 1.91. The molecule has 2 aliphatic heterocycles. The second-order valence-electron chi connectivity index (χ2n) is 4.85. The van der Waals surface area contributed by atoms with Crippen LogP contribution < -0.4 is 0 Å². The van der Waals surface area contributed by atoms with Crippen molar-refractivity contribution >= 4 is 15.7 Å². The molecule has 2 bridgehead atoms. The lowest BCUT2D eigenvalue weighted by Gasteiger charge is -2.45. The van der Waals surface area contributed by atoms with Gasteiger partial charge >= 0.3 is 0 Å². The van der Waals surface area contributed by atoms with Crippen LogP contribution in [0.5, 0.6) is 0 Å². The molecule has 3 heterocycles. The van der Waals surface area contributed by atoms with Gasteiger partial charge in [-0.1, -0.05) is 0 Å². The molecule has 98 valence electrons. The molecule has 1 N–H and O–H groups in total. The number of carbonyl (C=O) groups excluding carboxylic acids is 1. The van der Waals surface area contributed by atoms with E-state index in [1.807, 2.05) is 0 Å². The number of nitrogens with one attached hydrogen (secondary N) is 1. The summed E-state index contributed by atoms with van der Waals surface area (Å²) in [6.07, 6.45) is 3.81. The lowest BCUT2D eigenvalue weighted by molar-refractivity contribution is 0.0486. The van der Waals surface area contributed by atoms with E-state index in [0.717, 1.165) is 19.3 Å². The van der Waals surface area contributed by atoms with E-state index in [9.17, 15) is 13.2 Å². The molecule has 2 atom stereocenters. The lowest BCUT2D eigenvalue weighted by atomic mass is 9.96. The van der Waals surface area contributed by atoms with Gasteiger partial charge in [-0.3, -0.25) is 9.89 Å². The van der Waals surface area contributed by atoms with Crippen LogP contribution in [0.3, 0.4) is 0 Å². The average molecular weight is 270 g/mol. The zero-order valence-corrected chi connectivity index (χ0v) is 10.6. The molecule has 18 heavy (non-hydrogen) atoms. The quantitative estimate of drug-likeness (QED) is 0.748. The summed E-state index contributed by atoms with van der Waals surface area (Å²) < 4.78 is 23.5. The van der Waals surface area contributed by atoms with Gasteiger partial charge in [0.2, 0.25) is 5.82 Å². The van der Waals surface area contributed by atoms with Gasteiger partial charge in [0.25, 0.3) is 5.91 Å². The number of carbonyl (C=O) groups is 1. The largest absolute Gasteiger partial charge is 0.328 e. The van der Waals surface area contributed by atoms with Crippen molar-refractivity contribution in [2.24, 2.45) is 0 Å². The Bertz CT molecular complexity index is 534. The molecule has 0 aromatic carbocycles. The normalized spacial score (nSPS) is 30.1. The lowest BCUT2D eigenvalue weighted by Crippen LogP contribution is -2.59. The Morgan fingerprint density at radius 3 is 2.56 bits per heavy atom. The molecule has 1 aromatic rings. The van der Waals surface area contributed by atoms with E-state index >= 15 is 0 Å². The Morgan fingerprint density at radius 1 is 1.33 bits per heavy atom. The smallest absolute Gasteiger partial charge is 0.294 e. The number of nitrogens with zero attached hydrogens (tertiary/aromatic N) is 3. The third-order valence-corrected chi connectivity index (χ3v) is 5.38. The van der Waals surface area contributed by atoms with Crippen molar-refractivity contribution in [1.82, 2.24) is 20.1 Å². The van der Waals surface area contributed by atoms with Crippen molar-refractivity contribution in [3.63, 3.8) is 0 Å². The van der Waals surface area contributed by atoms with Gasteiger partial charge in [0.15, 0.2) is 9.84 Å². The molecular weight excluding hydrogens is 256 g/mol. The van der Waals surface area contributed by atoms with E-state index in [1.165, 1.54) is 6.33 Å². The number of hydrogen-bond acceptors (Lipinski definition) is 5. The molecule has 3 rings (SSSR count). The first-order valence-corrected chi connectivity index (χ1v) is 7.78. The molecular formula is C10H14N4O3S. The average Bonchev–Trinajstić information content (AvgIpc) is 2.79. The molecule has 2 fully saturated rings. The highest BCUT2D eigenvalue weighted by molar-refractivity contribution is 7.91. The number of aromatic amines is 1. The van der Waals surface area contributed by atoms with E-state index in [0.29, 0.717) is 0 Å². The van der Waals surface area contributed by atoms with Gasteiger partial charge in [0, 0.05) is 12.1 Å². The van der Waals surface area contributed by atoms with Gasteiger partial charge in [-0.15, -0.1) is 5.10 Å². The molecule has 2 aliphatic rings. The maximum Gasteiger partial charge on any atom is 0.294 e. The first kappa shape index (κ1) is 11.6. The number of fused-ring (bicyclic) bond motifs is 2. The molecule has 2 unspecified atom stereocenters. The zero-order chi connectivity index (χ0) is 12.8. The highest BCUT2D eigenvalue weighted by Crippen LogP contribution is 2.30. The van der Waals surface area contributed by atoms with Gasteiger partial charge in [-0.25, -0.2) is 13.4 Å². The number of amides is 1. The molecule has 0 aliphatic carbocycles. The Kier molecular flexibility index (Phi) is 2.61. The topological polar surface area (TPSA) is 96.0 Å². The van der Waals surface area contributed by atoms with Gasteiger partial charge in [0.05, 0.1) is 11.5 Å². The third-order valence-electron chi connectivity index (χ3n) is 3.59. The van der Waals surface area contributed by atoms with Crippen molar-refractivity contribution in [2.45, 2.75) is 31.3 Å². The maximum absolute atomic E-state index is 12.3. The van der Waals surface area contributed by atoms with Crippen LogP contribution in [0.25, 0.3) is 0 Å². The van der Waals surface area contributed by atoms with Crippen LogP contribution in [0, 0.1) is 0 Å². The van der Waals surface area contributed by atoms with Crippen LogP contribution in [-0.2, 0) is 9.84 Å². The van der Waals surface area contributed by atoms with Crippen molar-refractivity contribution in [1.29, 1.82) is 0 Å². The number of sulfone groups is 1. The van der Waals surface area contributed by atoms with E-state index < -0.39 is 9.84 Å². The zero-order valence-electron chi connectivity index (χ0n) is 9.74.